The molecule has 2 N–H and O–H groups in total. The number of hydrazine groups is 1. The molecule has 0 bridgehead atoms. The van der Waals surface area contributed by atoms with Crippen LogP contribution in [-0.4, -0.2) is 51.3 Å². The smallest absolute Gasteiger partial charge is 0.119 e. The summed E-state index contributed by atoms with van der Waals surface area (Å²) >= 11 is 0. The molecule has 0 radical (unpaired) electrons. The van der Waals surface area contributed by atoms with E-state index in [0.717, 1.165) is 43.2 Å². The van der Waals surface area contributed by atoms with Crippen molar-refractivity contribution in [1.29, 1.82) is 0 Å². The quantitative estimate of drug-likeness (QED) is 0.427. The maximum Gasteiger partial charge on any atom is 0.119 e. The molecule has 0 amide bonds. The molecule has 6 heteroatoms. The zero-order chi connectivity index (χ0) is 14.2. The van der Waals surface area contributed by atoms with Crippen LogP contribution >= 0.6 is 0 Å². The summed E-state index contributed by atoms with van der Waals surface area (Å²) in [5, 5.41) is 1.77. The Kier molecular flexibility index (Phi) is 3.46. The average Bonchev–Trinajstić information content (AvgIpc) is 3.33. The van der Waals surface area contributed by atoms with Gasteiger partial charge in [0.15, 0.2) is 0 Å². The van der Waals surface area contributed by atoms with Gasteiger partial charge >= 0.3 is 0 Å². The van der Waals surface area contributed by atoms with E-state index in [0.29, 0.717) is 19.3 Å². The molecule has 3 unspecified atom stereocenters. The Morgan fingerprint density at radius 1 is 1.10 bits per heavy atom. The molecular weight excluding hydrogens is 272 g/mol. The molecule has 3 atom stereocenters. The molecule has 6 nitrogen and oxygen atoms in total. The zero-order valence-electron chi connectivity index (χ0n) is 11.9. The Morgan fingerprint density at radius 2 is 1.81 bits per heavy atom. The molecule has 0 saturated carbocycles. The van der Waals surface area contributed by atoms with E-state index in [-0.39, 0.29) is 12.2 Å². The van der Waals surface area contributed by atoms with Crippen LogP contribution in [0.1, 0.15) is 5.56 Å². The fourth-order valence-electron chi connectivity index (χ4n) is 2.37. The van der Waals surface area contributed by atoms with E-state index in [1.807, 2.05) is 12.1 Å². The molecule has 0 aromatic heterocycles. The molecule has 4 rings (SSSR count). The topological polar surface area (TPSA) is 76.1 Å². The van der Waals surface area contributed by atoms with Crippen molar-refractivity contribution in [3.8, 4) is 5.75 Å². The van der Waals surface area contributed by atoms with Crippen molar-refractivity contribution in [3.05, 3.63) is 23.8 Å². The first kappa shape index (κ1) is 13.3. The number of anilines is 1. The van der Waals surface area contributed by atoms with Crippen molar-refractivity contribution in [2.75, 3.05) is 38.0 Å². The molecule has 3 aliphatic heterocycles. The monoisotopic (exact) mass is 292 g/mol. The molecular formula is C15H20N2O4. The maximum absolute atomic E-state index is 6.17. The van der Waals surface area contributed by atoms with E-state index in [9.17, 15) is 0 Å². The predicted octanol–water partition coefficient (Wildman–Crippen LogP) is 0.484. The third kappa shape index (κ3) is 3.65. The molecule has 21 heavy (non-hydrogen) atoms. The van der Waals surface area contributed by atoms with Crippen molar-refractivity contribution < 1.29 is 18.9 Å². The Morgan fingerprint density at radius 3 is 2.48 bits per heavy atom. The van der Waals surface area contributed by atoms with Gasteiger partial charge < -0.3 is 24.0 Å². The van der Waals surface area contributed by atoms with E-state index in [1.165, 1.54) is 0 Å². The van der Waals surface area contributed by atoms with E-state index >= 15 is 0 Å². The van der Waals surface area contributed by atoms with Crippen LogP contribution in [0.2, 0.25) is 0 Å². The van der Waals surface area contributed by atoms with E-state index in [2.05, 4.69) is 6.07 Å². The zero-order valence-corrected chi connectivity index (χ0v) is 11.9. The van der Waals surface area contributed by atoms with Crippen molar-refractivity contribution in [2.45, 2.75) is 24.7 Å². The number of benzene rings is 1. The summed E-state index contributed by atoms with van der Waals surface area (Å²) in [5.74, 6) is 7.03. The Hall–Kier alpha value is -1.34. The van der Waals surface area contributed by atoms with Crippen LogP contribution in [0.15, 0.2) is 18.2 Å². The molecule has 1 aromatic rings. The highest BCUT2D eigenvalue weighted by molar-refractivity contribution is 5.56. The van der Waals surface area contributed by atoms with Crippen LogP contribution in [0.3, 0.4) is 0 Å². The van der Waals surface area contributed by atoms with Crippen LogP contribution < -0.4 is 15.6 Å². The lowest BCUT2D eigenvalue weighted by Crippen LogP contribution is -2.35. The average molecular weight is 292 g/mol. The summed E-state index contributed by atoms with van der Waals surface area (Å²) < 4.78 is 21.5. The first-order chi connectivity index (χ1) is 10.3. The van der Waals surface area contributed by atoms with Gasteiger partial charge in [-0.3, -0.25) is 0 Å². The normalized spacial score (nSPS) is 29.1. The minimum absolute atomic E-state index is 0.262. The summed E-state index contributed by atoms with van der Waals surface area (Å²) in [4.78, 5) is 0. The number of rotatable bonds is 8. The third-order valence-electron chi connectivity index (χ3n) is 3.85. The molecule has 3 aliphatic rings. The molecule has 3 heterocycles. The molecule has 0 spiro atoms. The second-order valence-electron chi connectivity index (χ2n) is 5.82. The fraction of sp³-hybridized carbons (Fsp3) is 0.600. The lowest BCUT2D eigenvalue weighted by Gasteiger charge is -2.21. The fourth-order valence-corrected chi connectivity index (χ4v) is 2.37. The van der Waals surface area contributed by atoms with Crippen LogP contribution in [-0.2, 0) is 20.6 Å². The summed E-state index contributed by atoms with van der Waals surface area (Å²) in [6.07, 6.45) is 1.71. The van der Waals surface area contributed by atoms with Crippen LogP contribution in [0.5, 0.6) is 5.75 Å². The number of epoxide rings is 3. The van der Waals surface area contributed by atoms with Gasteiger partial charge in [-0.1, -0.05) is 0 Å². The number of nitrogens with zero attached hydrogens (tertiary/aromatic N) is 1. The van der Waals surface area contributed by atoms with Crippen LogP contribution in [0, 0.1) is 0 Å². The Labute approximate surface area is 123 Å². The van der Waals surface area contributed by atoms with Gasteiger partial charge in [0.1, 0.15) is 18.5 Å². The summed E-state index contributed by atoms with van der Waals surface area (Å²) in [5.41, 5.74) is 2.19. The molecule has 1 aromatic carbocycles. The number of hydrogen-bond acceptors (Lipinski definition) is 6. The van der Waals surface area contributed by atoms with Crippen molar-refractivity contribution in [2.24, 2.45) is 5.84 Å². The van der Waals surface area contributed by atoms with Crippen molar-refractivity contribution in [3.63, 3.8) is 0 Å². The van der Waals surface area contributed by atoms with Gasteiger partial charge in [-0.2, -0.15) is 0 Å². The maximum atomic E-state index is 6.17. The van der Waals surface area contributed by atoms with Gasteiger partial charge in [-0.05, 0) is 23.8 Å². The molecule has 114 valence electrons. The standard InChI is InChI=1S/C15H20N2O4/c16-17(5-13-7-20-13)15-2-1-11(18-8-14-9-21-14)3-10(15)4-12-6-19-12/h1-3,12-14H,4-9,16H2. The Bertz CT molecular complexity index is 512. The lowest BCUT2D eigenvalue weighted by molar-refractivity contribution is 0.263. The highest BCUT2D eigenvalue weighted by Gasteiger charge is 2.28. The van der Waals surface area contributed by atoms with Gasteiger partial charge in [-0.15, -0.1) is 0 Å². The third-order valence-corrected chi connectivity index (χ3v) is 3.85. The van der Waals surface area contributed by atoms with Crippen molar-refractivity contribution in [1.82, 2.24) is 0 Å². The van der Waals surface area contributed by atoms with Crippen LogP contribution in [0.4, 0.5) is 5.69 Å². The molecule has 0 aliphatic carbocycles. The summed E-state index contributed by atoms with van der Waals surface area (Å²) in [6, 6.07) is 6.04. The predicted molar refractivity (Wildman–Crippen MR) is 76.4 cm³/mol. The van der Waals surface area contributed by atoms with Gasteiger partial charge in [0, 0.05) is 6.42 Å². The second-order valence-corrected chi connectivity index (χ2v) is 5.82. The first-order valence-electron chi connectivity index (χ1n) is 7.41. The van der Waals surface area contributed by atoms with Crippen molar-refractivity contribution >= 4 is 5.69 Å². The van der Waals surface area contributed by atoms with Gasteiger partial charge in [0.25, 0.3) is 0 Å². The van der Waals surface area contributed by atoms with E-state index in [4.69, 9.17) is 24.8 Å². The summed E-state index contributed by atoms with van der Waals surface area (Å²) in [7, 11) is 0. The number of nitrogens with two attached hydrogens (primary N) is 1. The Balaban J connectivity index is 1.48. The van der Waals surface area contributed by atoms with Gasteiger partial charge in [0.05, 0.1) is 44.3 Å². The minimum Gasteiger partial charge on any atom is -0.491 e. The highest BCUT2D eigenvalue weighted by atomic mass is 16.6. The van der Waals surface area contributed by atoms with E-state index in [1.54, 1.807) is 5.01 Å². The SMILES string of the molecule is NN(CC1CO1)c1ccc(OCC2CO2)cc1CC1CO1. The first-order valence-corrected chi connectivity index (χ1v) is 7.41. The lowest BCUT2D eigenvalue weighted by atomic mass is 10.1. The largest absolute Gasteiger partial charge is 0.491 e. The highest BCUT2D eigenvalue weighted by Crippen LogP contribution is 2.29. The molecule has 3 fully saturated rings. The van der Waals surface area contributed by atoms with Gasteiger partial charge in [0.2, 0.25) is 0 Å². The van der Waals surface area contributed by atoms with E-state index < -0.39 is 0 Å². The number of hydrogen-bond donors (Lipinski definition) is 1. The minimum atomic E-state index is 0.262. The van der Waals surface area contributed by atoms with Crippen LogP contribution in [0.25, 0.3) is 0 Å². The number of ether oxygens (including phenoxy) is 4. The second kappa shape index (κ2) is 5.46. The molecule has 3 saturated heterocycles. The van der Waals surface area contributed by atoms with Gasteiger partial charge in [-0.25, -0.2) is 5.84 Å². The summed E-state index contributed by atoms with van der Waals surface area (Å²) in [6.45, 7) is 3.77.